The molecule has 8 heteroatoms. The van der Waals surface area contributed by atoms with Crippen LogP contribution in [0.15, 0.2) is 30.3 Å². The third kappa shape index (κ3) is 3.02. The SMILES string of the molecule is CCOC(=O)/C=C1\c2ccccc2[C@@H]2C3CC([C@H]12)N(C(=O)OCC)N3C(=O)OCC. The molecule has 0 spiro atoms. The van der Waals surface area contributed by atoms with Crippen molar-refractivity contribution in [2.24, 2.45) is 5.92 Å². The number of rotatable bonds is 4. The first kappa shape index (κ1) is 20.3. The van der Waals surface area contributed by atoms with Gasteiger partial charge in [0.15, 0.2) is 0 Å². The minimum Gasteiger partial charge on any atom is -0.463 e. The molecule has 2 unspecified atom stereocenters. The molecule has 1 saturated carbocycles. The van der Waals surface area contributed by atoms with Crippen LogP contribution in [0.5, 0.6) is 0 Å². The number of hydrazine groups is 1. The number of amides is 2. The summed E-state index contributed by atoms with van der Waals surface area (Å²) in [5, 5.41) is 2.80. The highest BCUT2D eigenvalue weighted by atomic mass is 16.6. The summed E-state index contributed by atoms with van der Waals surface area (Å²) in [7, 11) is 0. The first-order valence-electron chi connectivity index (χ1n) is 10.4. The molecule has 160 valence electrons. The molecular weight excluding hydrogens is 388 g/mol. The first-order valence-corrected chi connectivity index (χ1v) is 10.4. The molecule has 2 amide bonds. The van der Waals surface area contributed by atoms with Crippen LogP contribution in [0.4, 0.5) is 9.59 Å². The molecule has 0 aromatic heterocycles. The minimum absolute atomic E-state index is 0.0260. The van der Waals surface area contributed by atoms with Gasteiger partial charge >= 0.3 is 18.2 Å². The van der Waals surface area contributed by atoms with Crippen molar-refractivity contribution in [3.63, 3.8) is 0 Å². The highest BCUT2D eigenvalue weighted by Gasteiger charge is 2.64. The predicted octanol–water partition coefficient (Wildman–Crippen LogP) is 3.33. The average molecular weight is 414 g/mol. The smallest absolute Gasteiger partial charge is 0.429 e. The molecule has 2 fully saturated rings. The van der Waals surface area contributed by atoms with Crippen LogP contribution >= 0.6 is 0 Å². The number of fused-ring (bicyclic) bond motifs is 7. The second kappa shape index (κ2) is 8.01. The van der Waals surface area contributed by atoms with Crippen molar-refractivity contribution < 1.29 is 28.6 Å². The number of hydrogen-bond donors (Lipinski definition) is 0. The molecule has 1 aliphatic heterocycles. The lowest BCUT2D eigenvalue weighted by Gasteiger charge is -2.42. The van der Waals surface area contributed by atoms with Gasteiger partial charge in [-0.2, -0.15) is 0 Å². The van der Waals surface area contributed by atoms with Gasteiger partial charge in [-0.05, 0) is 43.9 Å². The third-order valence-corrected chi connectivity index (χ3v) is 6.02. The molecule has 3 aliphatic rings. The molecule has 2 bridgehead atoms. The molecule has 0 N–H and O–H groups in total. The number of ether oxygens (including phenoxy) is 3. The minimum atomic E-state index is -0.581. The van der Waals surface area contributed by atoms with Crippen LogP contribution in [-0.2, 0) is 19.0 Å². The Morgan fingerprint density at radius 2 is 1.47 bits per heavy atom. The van der Waals surface area contributed by atoms with Crippen molar-refractivity contribution in [1.29, 1.82) is 0 Å². The van der Waals surface area contributed by atoms with Gasteiger partial charge in [-0.3, -0.25) is 0 Å². The third-order valence-electron chi connectivity index (χ3n) is 6.02. The maximum atomic E-state index is 12.8. The van der Waals surface area contributed by atoms with Gasteiger partial charge in [0.1, 0.15) is 0 Å². The lowest BCUT2D eigenvalue weighted by atomic mass is 9.88. The van der Waals surface area contributed by atoms with E-state index in [1.165, 1.54) is 16.1 Å². The number of carbonyl (C=O) groups excluding carboxylic acids is 3. The molecule has 4 atom stereocenters. The van der Waals surface area contributed by atoms with Crippen LogP contribution in [0.3, 0.4) is 0 Å². The van der Waals surface area contributed by atoms with E-state index in [9.17, 15) is 14.4 Å². The van der Waals surface area contributed by atoms with Gasteiger partial charge in [0.05, 0.1) is 31.9 Å². The maximum absolute atomic E-state index is 12.8. The topological polar surface area (TPSA) is 85.4 Å². The van der Waals surface area contributed by atoms with E-state index in [0.29, 0.717) is 6.42 Å². The number of esters is 1. The van der Waals surface area contributed by atoms with Gasteiger partial charge in [0, 0.05) is 17.9 Å². The fourth-order valence-corrected chi connectivity index (χ4v) is 5.19. The number of carbonyl (C=O) groups is 3. The van der Waals surface area contributed by atoms with Crippen molar-refractivity contribution in [2.45, 2.75) is 45.2 Å². The number of hydrogen-bond acceptors (Lipinski definition) is 6. The van der Waals surface area contributed by atoms with E-state index in [4.69, 9.17) is 14.2 Å². The zero-order valence-electron chi connectivity index (χ0n) is 17.4. The Hall–Kier alpha value is -3.03. The molecular formula is C22H26N2O6. The Kier molecular flexibility index (Phi) is 5.40. The summed E-state index contributed by atoms with van der Waals surface area (Å²) in [6.07, 6.45) is 0.993. The van der Waals surface area contributed by atoms with E-state index in [-0.39, 0.29) is 43.7 Å². The van der Waals surface area contributed by atoms with E-state index in [0.717, 1.165) is 16.7 Å². The van der Waals surface area contributed by atoms with Gasteiger partial charge in [0.2, 0.25) is 0 Å². The summed E-state index contributed by atoms with van der Waals surface area (Å²) in [6, 6.07) is 7.31. The first-order chi connectivity index (χ1) is 14.5. The standard InChI is InChI=1S/C22H26N2O6/c1-4-28-18(25)11-15-13-9-7-8-10-14(13)19-16-12-17(20(15)19)24(22(27)30-6-3)23(16)21(26)29-5-2/h7-11,16-17,19-20H,4-6,12H2,1-3H3/b15-11+/t16?,17?,19-,20+/m1/s1. The Bertz CT molecular complexity index is 897. The predicted molar refractivity (Wildman–Crippen MR) is 107 cm³/mol. The highest BCUT2D eigenvalue weighted by Crippen LogP contribution is 2.60. The number of nitrogens with zero attached hydrogens (tertiary/aromatic N) is 2. The Balaban J connectivity index is 1.78. The maximum Gasteiger partial charge on any atom is 0.429 e. The molecule has 4 rings (SSSR count). The molecule has 30 heavy (non-hydrogen) atoms. The van der Waals surface area contributed by atoms with E-state index in [1.54, 1.807) is 20.8 Å². The van der Waals surface area contributed by atoms with Crippen molar-refractivity contribution in [3.8, 4) is 0 Å². The lowest BCUT2D eigenvalue weighted by Crippen LogP contribution is -2.57. The van der Waals surface area contributed by atoms with Crippen LogP contribution in [0.25, 0.3) is 5.57 Å². The van der Waals surface area contributed by atoms with E-state index >= 15 is 0 Å². The highest BCUT2D eigenvalue weighted by molar-refractivity contribution is 5.95. The lowest BCUT2D eigenvalue weighted by molar-refractivity contribution is -0.137. The summed E-state index contributed by atoms with van der Waals surface area (Å²) in [5.41, 5.74) is 2.88. The van der Waals surface area contributed by atoms with E-state index < -0.39 is 18.2 Å². The van der Waals surface area contributed by atoms with Crippen LogP contribution in [-0.4, -0.2) is 60.1 Å². The fraction of sp³-hybridized carbons (Fsp3) is 0.500. The normalized spacial score (nSPS) is 27.1. The van der Waals surface area contributed by atoms with Crippen molar-refractivity contribution in [2.75, 3.05) is 19.8 Å². The van der Waals surface area contributed by atoms with E-state index in [1.807, 2.05) is 24.3 Å². The van der Waals surface area contributed by atoms with Crippen LogP contribution in [0, 0.1) is 5.92 Å². The monoisotopic (exact) mass is 414 g/mol. The molecule has 1 heterocycles. The largest absolute Gasteiger partial charge is 0.463 e. The van der Waals surface area contributed by atoms with Gasteiger partial charge in [-0.1, -0.05) is 24.3 Å². The average Bonchev–Trinajstić information content (AvgIpc) is 3.37. The molecule has 2 aliphatic carbocycles. The second-order valence-corrected chi connectivity index (χ2v) is 7.45. The summed E-state index contributed by atoms with van der Waals surface area (Å²) in [5.74, 6) is -0.551. The summed E-state index contributed by atoms with van der Waals surface area (Å²) < 4.78 is 15.6. The zero-order valence-corrected chi connectivity index (χ0v) is 17.4. The van der Waals surface area contributed by atoms with Crippen molar-refractivity contribution in [1.82, 2.24) is 10.0 Å². The molecule has 1 aromatic carbocycles. The Morgan fingerprint density at radius 1 is 0.900 bits per heavy atom. The fourth-order valence-electron chi connectivity index (χ4n) is 5.19. The summed E-state index contributed by atoms with van der Waals surface area (Å²) in [4.78, 5) is 37.8. The van der Waals surface area contributed by atoms with Gasteiger partial charge in [-0.25, -0.2) is 24.4 Å². The van der Waals surface area contributed by atoms with E-state index in [2.05, 4.69) is 0 Å². The Morgan fingerprint density at radius 3 is 2.07 bits per heavy atom. The van der Waals surface area contributed by atoms with Crippen molar-refractivity contribution in [3.05, 3.63) is 41.5 Å². The van der Waals surface area contributed by atoms with Crippen LogP contribution < -0.4 is 0 Å². The molecule has 0 radical (unpaired) electrons. The zero-order chi connectivity index (χ0) is 21.4. The number of benzene rings is 1. The molecule has 1 saturated heterocycles. The van der Waals surface area contributed by atoms with Gasteiger partial charge in [-0.15, -0.1) is 0 Å². The second-order valence-electron chi connectivity index (χ2n) is 7.45. The van der Waals surface area contributed by atoms with Gasteiger partial charge in [0.25, 0.3) is 0 Å². The van der Waals surface area contributed by atoms with Crippen molar-refractivity contribution >= 4 is 23.7 Å². The molecule has 8 nitrogen and oxygen atoms in total. The van der Waals surface area contributed by atoms with Gasteiger partial charge < -0.3 is 14.2 Å². The van der Waals surface area contributed by atoms with Crippen LogP contribution in [0.1, 0.15) is 44.2 Å². The van der Waals surface area contributed by atoms with Crippen LogP contribution in [0.2, 0.25) is 0 Å². The summed E-state index contributed by atoms with van der Waals surface area (Å²) in [6.45, 7) is 5.91. The Labute approximate surface area is 175 Å². The molecule has 1 aromatic rings. The summed E-state index contributed by atoms with van der Waals surface area (Å²) >= 11 is 0. The quantitative estimate of drug-likeness (QED) is 0.427.